The van der Waals surface area contributed by atoms with E-state index in [-0.39, 0.29) is 17.8 Å². The molecule has 1 unspecified atom stereocenters. The van der Waals surface area contributed by atoms with Gasteiger partial charge in [-0.3, -0.25) is 4.79 Å². The number of carbonyl (C=O) groups excluding carboxylic acids is 1. The summed E-state index contributed by atoms with van der Waals surface area (Å²) in [5.41, 5.74) is 5.70. The first-order valence-electron chi connectivity index (χ1n) is 5.13. The normalized spacial score (nSPS) is 11.6. The predicted octanol–water partition coefficient (Wildman–Crippen LogP) is 0.933. The van der Waals surface area contributed by atoms with Crippen LogP contribution in [-0.4, -0.2) is 31.0 Å². The highest BCUT2D eigenvalue weighted by Crippen LogP contribution is 2.26. The molecule has 6 heteroatoms. The van der Waals surface area contributed by atoms with Gasteiger partial charge in [0.25, 0.3) is 5.91 Å². The Morgan fingerprint density at radius 3 is 2.82 bits per heavy atom. The van der Waals surface area contributed by atoms with Crippen molar-refractivity contribution in [2.75, 3.05) is 24.7 Å². The van der Waals surface area contributed by atoms with E-state index in [9.17, 15) is 4.79 Å². The molecule has 0 aromatic carbocycles. The molecular formula is C11H16N4OS. The largest absolute Gasteiger partial charge is 0.382 e. The number of nitrogen functional groups attached to an aromatic ring is 1. The van der Waals surface area contributed by atoms with E-state index >= 15 is 0 Å². The van der Waals surface area contributed by atoms with Gasteiger partial charge in [-0.15, -0.1) is 12.3 Å². The standard InChI is InChI=1S/C11H16N4OS/c1-5-6-7(2)13-10(16)8-9(12)14-11(17-8)15(3)4/h1,7H,6,12H2,2-4H3,(H,13,16). The van der Waals surface area contributed by atoms with Gasteiger partial charge in [-0.25, -0.2) is 4.98 Å². The molecule has 3 N–H and O–H groups in total. The first-order valence-corrected chi connectivity index (χ1v) is 5.95. The highest BCUT2D eigenvalue weighted by atomic mass is 32.1. The minimum atomic E-state index is -0.226. The summed E-state index contributed by atoms with van der Waals surface area (Å²) in [6, 6.07) is -0.0724. The molecular weight excluding hydrogens is 236 g/mol. The molecule has 1 aromatic heterocycles. The molecule has 0 saturated heterocycles. The molecule has 0 radical (unpaired) electrons. The number of thiazole rings is 1. The fourth-order valence-electron chi connectivity index (χ4n) is 1.19. The molecule has 0 saturated carbocycles. The molecule has 1 atom stereocenters. The number of terminal acetylenes is 1. The average Bonchev–Trinajstić information content (AvgIpc) is 2.60. The first-order chi connectivity index (χ1) is 7.95. The molecule has 1 heterocycles. The highest BCUT2D eigenvalue weighted by molar-refractivity contribution is 7.18. The molecule has 0 spiro atoms. The summed E-state index contributed by atoms with van der Waals surface area (Å²) < 4.78 is 0. The quantitative estimate of drug-likeness (QED) is 0.782. The Bertz CT molecular complexity index is 447. The van der Waals surface area contributed by atoms with Crippen molar-refractivity contribution in [3.63, 3.8) is 0 Å². The van der Waals surface area contributed by atoms with Crippen LogP contribution in [-0.2, 0) is 0 Å². The maximum absolute atomic E-state index is 11.9. The lowest BCUT2D eigenvalue weighted by atomic mass is 10.2. The fraction of sp³-hybridized carbons (Fsp3) is 0.455. The van der Waals surface area contributed by atoms with Gasteiger partial charge in [-0.2, -0.15) is 0 Å². The number of anilines is 2. The SMILES string of the molecule is C#CCC(C)NC(=O)c1sc(N(C)C)nc1N. The third kappa shape index (κ3) is 3.36. The summed E-state index contributed by atoms with van der Waals surface area (Å²) in [6.45, 7) is 1.85. The van der Waals surface area contributed by atoms with Gasteiger partial charge in [0, 0.05) is 26.6 Å². The van der Waals surface area contributed by atoms with Gasteiger partial charge in [-0.05, 0) is 6.92 Å². The van der Waals surface area contributed by atoms with Gasteiger partial charge in [0.1, 0.15) is 10.7 Å². The van der Waals surface area contributed by atoms with E-state index in [1.54, 1.807) is 0 Å². The molecule has 1 aromatic rings. The minimum Gasteiger partial charge on any atom is -0.382 e. The fourth-order valence-corrected chi connectivity index (χ4v) is 2.00. The van der Waals surface area contributed by atoms with E-state index in [2.05, 4.69) is 16.2 Å². The number of amides is 1. The van der Waals surface area contributed by atoms with E-state index < -0.39 is 0 Å². The maximum Gasteiger partial charge on any atom is 0.265 e. The maximum atomic E-state index is 11.9. The molecule has 17 heavy (non-hydrogen) atoms. The van der Waals surface area contributed by atoms with Crippen molar-refractivity contribution in [1.82, 2.24) is 10.3 Å². The third-order valence-electron chi connectivity index (χ3n) is 2.03. The number of hydrogen-bond donors (Lipinski definition) is 2. The van der Waals surface area contributed by atoms with Crippen LogP contribution >= 0.6 is 11.3 Å². The van der Waals surface area contributed by atoms with Crippen LogP contribution in [0.15, 0.2) is 0 Å². The molecule has 0 aliphatic heterocycles. The summed E-state index contributed by atoms with van der Waals surface area (Å²) in [6.07, 6.45) is 5.67. The van der Waals surface area contributed by atoms with Crippen LogP contribution in [0.25, 0.3) is 0 Å². The van der Waals surface area contributed by atoms with E-state index in [4.69, 9.17) is 12.2 Å². The number of aromatic nitrogens is 1. The van der Waals surface area contributed by atoms with Gasteiger partial charge < -0.3 is 16.0 Å². The van der Waals surface area contributed by atoms with Crippen LogP contribution in [0.4, 0.5) is 10.9 Å². The van der Waals surface area contributed by atoms with Crippen molar-refractivity contribution in [3.8, 4) is 12.3 Å². The monoisotopic (exact) mass is 252 g/mol. The molecule has 0 fully saturated rings. The lowest BCUT2D eigenvalue weighted by Crippen LogP contribution is -2.32. The van der Waals surface area contributed by atoms with Crippen molar-refractivity contribution < 1.29 is 4.79 Å². The first kappa shape index (κ1) is 13.3. The topological polar surface area (TPSA) is 71.2 Å². The molecule has 92 valence electrons. The van der Waals surface area contributed by atoms with Crippen LogP contribution in [0, 0.1) is 12.3 Å². The number of rotatable bonds is 4. The van der Waals surface area contributed by atoms with Crippen LogP contribution in [0.1, 0.15) is 23.0 Å². The van der Waals surface area contributed by atoms with E-state index in [0.29, 0.717) is 16.4 Å². The van der Waals surface area contributed by atoms with Gasteiger partial charge in [-0.1, -0.05) is 11.3 Å². The summed E-state index contributed by atoms with van der Waals surface area (Å²) in [5.74, 6) is 2.52. The van der Waals surface area contributed by atoms with E-state index in [1.165, 1.54) is 11.3 Å². The van der Waals surface area contributed by atoms with Crippen molar-refractivity contribution in [1.29, 1.82) is 0 Å². The zero-order valence-corrected chi connectivity index (χ0v) is 11.0. The van der Waals surface area contributed by atoms with Crippen molar-refractivity contribution in [2.24, 2.45) is 0 Å². The summed E-state index contributed by atoms with van der Waals surface area (Å²) in [5, 5.41) is 3.49. The second-order valence-corrected chi connectivity index (χ2v) is 4.87. The highest BCUT2D eigenvalue weighted by Gasteiger charge is 2.18. The lowest BCUT2D eigenvalue weighted by molar-refractivity contribution is 0.0945. The lowest BCUT2D eigenvalue weighted by Gasteiger charge is -2.09. The number of nitrogens with one attached hydrogen (secondary N) is 1. The molecule has 0 aliphatic rings. The van der Waals surface area contributed by atoms with E-state index in [0.717, 1.165) is 0 Å². The Morgan fingerprint density at radius 2 is 2.35 bits per heavy atom. The van der Waals surface area contributed by atoms with Gasteiger partial charge in [0.2, 0.25) is 0 Å². The zero-order valence-electron chi connectivity index (χ0n) is 10.2. The molecule has 0 aliphatic carbocycles. The Kier molecular flexibility index (Phi) is 4.35. The Morgan fingerprint density at radius 1 is 1.71 bits per heavy atom. The Balaban J connectivity index is 2.79. The summed E-state index contributed by atoms with van der Waals surface area (Å²) in [4.78, 5) is 18.2. The van der Waals surface area contributed by atoms with Crippen LogP contribution in [0.2, 0.25) is 0 Å². The predicted molar refractivity (Wildman–Crippen MR) is 71.2 cm³/mol. The van der Waals surface area contributed by atoms with Crippen LogP contribution in [0.5, 0.6) is 0 Å². The van der Waals surface area contributed by atoms with E-state index in [1.807, 2.05) is 25.9 Å². The summed E-state index contributed by atoms with van der Waals surface area (Å²) in [7, 11) is 3.70. The smallest absolute Gasteiger partial charge is 0.265 e. The van der Waals surface area contributed by atoms with Gasteiger partial charge in [0.05, 0.1) is 0 Å². The summed E-state index contributed by atoms with van der Waals surface area (Å²) >= 11 is 1.26. The number of carbonyl (C=O) groups is 1. The second-order valence-electron chi connectivity index (χ2n) is 3.89. The van der Waals surface area contributed by atoms with Gasteiger partial charge >= 0.3 is 0 Å². The number of nitrogens with two attached hydrogens (primary N) is 1. The van der Waals surface area contributed by atoms with Crippen molar-refractivity contribution in [3.05, 3.63) is 4.88 Å². The van der Waals surface area contributed by atoms with Gasteiger partial charge in [0.15, 0.2) is 5.13 Å². The number of nitrogens with zero attached hydrogens (tertiary/aromatic N) is 2. The molecule has 1 amide bonds. The zero-order chi connectivity index (χ0) is 13.0. The van der Waals surface area contributed by atoms with Crippen molar-refractivity contribution >= 4 is 28.2 Å². The molecule has 0 bridgehead atoms. The third-order valence-corrected chi connectivity index (χ3v) is 3.27. The van der Waals surface area contributed by atoms with Crippen LogP contribution in [0.3, 0.4) is 0 Å². The van der Waals surface area contributed by atoms with Crippen molar-refractivity contribution in [2.45, 2.75) is 19.4 Å². The molecule has 1 rings (SSSR count). The van der Waals surface area contributed by atoms with Crippen LogP contribution < -0.4 is 16.0 Å². The second kappa shape index (κ2) is 5.55. The average molecular weight is 252 g/mol. The Labute approximate surface area is 105 Å². The minimum absolute atomic E-state index is 0.0724. The number of hydrogen-bond acceptors (Lipinski definition) is 5. The Hall–Kier alpha value is -1.74. The molecule has 5 nitrogen and oxygen atoms in total.